The lowest BCUT2D eigenvalue weighted by atomic mass is 10.2. The van der Waals surface area contributed by atoms with Gasteiger partial charge in [-0.1, -0.05) is 6.92 Å². The van der Waals surface area contributed by atoms with Crippen LogP contribution in [0.5, 0.6) is 0 Å². The standard InChI is InChI=1S/C15H20N6O3/c1-3-12-16-15(18-17-12)11-8-20(6-7-24-11)14(23)9-21-13(22)5-4-10(2)19-21/h4-5,11H,3,6-9H2,1-2H3,(H,16,17,18)/t11-/m0/s1. The average Bonchev–Trinajstić information content (AvgIpc) is 3.07. The quantitative estimate of drug-likeness (QED) is 0.833. The number of aryl methyl sites for hydroxylation is 2. The van der Waals surface area contributed by atoms with E-state index in [0.29, 0.717) is 31.2 Å². The van der Waals surface area contributed by atoms with Crippen LogP contribution in [0.3, 0.4) is 0 Å². The van der Waals surface area contributed by atoms with Gasteiger partial charge in [0.1, 0.15) is 18.5 Å². The fourth-order valence-electron chi connectivity index (χ4n) is 2.54. The maximum Gasteiger partial charge on any atom is 0.267 e. The minimum Gasteiger partial charge on any atom is -0.366 e. The van der Waals surface area contributed by atoms with E-state index in [9.17, 15) is 9.59 Å². The summed E-state index contributed by atoms with van der Waals surface area (Å²) in [5.41, 5.74) is 0.399. The highest BCUT2D eigenvalue weighted by atomic mass is 16.5. The molecule has 128 valence electrons. The van der Waals surface area contributed by atoms with E-state index in [1.54, 1.807) is 17.9 Å². The Morgan fingerprint density at radius 2 is 2.29 bits per heavy atom. The predicted octanol–water partition coefficient (Wildman–Crippen LogP) is -0.168. The molecule has 1 aliphatic rings. The van der Waals surface area contributed by atoms with Crippen molar-refractivity contribution in [2.45, 2.75) is 32.9 Å². The Morgan fingerprint density at radius 1 is 1.46 bits per heavy atom. The third-order valence-corrected chi connectivity index (χ3v) is 3.88. The van der Waals surface area contributed by atoms with E-state index >= 15 is 0 Å². The second-order valence-electron chi connectivity index (χ2n) is 5.66. The van der Waals surface area contributed by atoms with Crippen LogP contribution in [0.15, 0.2) is 16.9 Å². The molecule has 1 fully saturated rings. The van der Waals surface area contributed by atoms with Gasteiger partial charge in [0.15, 0.2) is 5.82 Å². The van der Waals surface area contributed by atoms with Crippen LogP contribution < -0.4 is 5.56 Å². The molecule has 1 atom stereocenters. The minimum absolute atomic E-state index is 0.0819. The number of morpholine rings is 1. The number of nitrogens with one attached hydrogen (secondary N) is 1. The fraction of sp³-hybridized carbons (Fsp3) is 0.533. The van der Waals surface area contributed by atoms with Gasteiger partial charge < -0.3 is 9.64 Å². The van der Waals surface area contributed by atoms with Crippen LogP contribution in [0.25, 0.3) is 0 Å². The summed E-state index contributed by atoms with van der Waals surface area (Å²) < 4.78 is 6.86. The molecular weight excluding hydrogens is 312 g/mol. The average molecular weight is 332 g/mol. The summed E-state index contributed by atoms with van der Waals surface area (Å²) in [5, 5.41) is 11.1. The van der Waals surface area contributed by atoms with E-state index in [1.807, 2.05) is 6.92 Å². The normalized spacial score (nSPS) is 17.9. The first-order chi connectivity index (χ1) is 11.6. The van der Waals surface area contributed by atoms with Gasteiger partial charge in [-0.2, -0.15) is 10.2 Å². The van der Waals surface area contributed by atoms with E-state index in [4.69, 9.17) is 4.74 Å². The van der Waals surface area contributed by atoms with Crippen molar-refractivity contribution >= 4 is 5.91 Å². The maximum absolute atomic E-state index is 12.5. The third-order valence-electron chi connectivity index (χ3n) is 3.88. The molecule has 0 unspecified atom stereocenters. The second-order valence-corrected chi connectivity index (χ2v) is 5.66. The number of hydrogen-bond acceptors (Lipinski definition) is 6. The summed E-state index contributed by atoms with van der Waals surface area (Å²) in [6, 6.07) is 3.04. The first-order valence-electron chi connectivity index (χ1n) is 7.92. The topological polar surface area (TPSA) is 106 Å². The molecule has 0 bridgehead atoms. The van der Waals surface area contributed by atoms with Crippen molar-refractivity contribution in [2.75, 3.05) is 19.7 Å². The van der Waals surface area contributed by atoms with Crippen LogP contribution in [-0.2, 0) is 22.5 Å². The molecule has 0 spiro atoms. The zero-order valence-corrected chi connectivity index (χ0v) is 13.7. The molecule has 0 saturated carbocycles. The van der Waals surface area contributed by atoms with E-state index in [2.05, 4.69) is 20.3 Å². The van der Waals surface area contributed by atoms with Gasteiger partial charge in [-0.05, 0) is 13.0 Å². The summed E-state index contributed by atoms with van der Waals surface area (Å²) in [4.78, 5) is 30.3. The monoisotopic (exact) mass is 332 g/mol. The number of aromatic amines is 1. The van der Waals surface area contributed by atoms with Crippen LogP contribution in [0.4, 0.5) is 0 Å². The molecule has 0 radical (unpaired) electrons. The third kappa shape index (κ3) is 3.51. The van der Waals surface area contributed by atoms with Gasteiger partial charge >= 0.3 is 0 Å². The Hall–Kier alpha value is -2.55. The SMILES string of the molecule is CCc1nc([C@@H]2CN(C(=O)Cn3nc(C)ccc3=O)CCO2)n[nH]1. The van der Waals surface area contributed by atoms with Crippen molar-refractivity contribution < 1.29 is 9.53 Å². The van der Waals surface area contributed by atoms with Crippen LogP contribution in [0.2, 0.25) is 0 Å². The van der Waals surface area contributed by atoms with E-state index in [1.165, 1.54) is 10.7 Å². The fourth-order valence-corrected chi connectivity index (χ4v) is 2.54. The van der Waals surface area contributed by atoms with Crippen molar-refractivity contribution in [1.29, 1.82) is 0 Å². The van der Waals surface area contributed by atoms with Crippen LogP contribution in [0.1, 0.15) is 30.4 Å². The summed E-state index contributed by atoms with van der Waals surface area (Å²) in [7, 11) is 0. The molecule has 3 heterocycles. The minimum atomic E-state index is -0.360. The lowest BCUT2D eigenvalue weighted by Gasteiger charge is -2.31. The Labute approximate surface area is 138 Å². The Morgan fingerprint density at radius 3 is 3.04 bits per heavy atom. The molecule has 1 N–H and O–H groups in total. The summed E-state index contributed by atoms with van der Waals surface area (Å²) >= 11 is 0. The highest BCUT2D eigenvalue weighted by Gasteiger charge is 2.28. The number of rotatable bonds is 4. The predicted molar refractivity (Wildman–Crippen MR) is 84.3 cm³/mol. The molecule has 1 aliphatic heterocycles. The molecule has 0 aliphatic carbocycles. The number of carbonyl (C=O) groups excluding carboxylic acids is 1. The first-order valence-corrected chi connectivity index (χ1v) is 7.92. The van der Waals surface area contributed by atoms with Crippen LogP contribution in [0, 0.1) is 6.92 Å². The van der Waals surface area contributed by atoms with Crippen LogP contribution in [-0.4, -0.2) is 55.5 Å². The Bertz CT molecular complexity index is 784. The lowest BCUT2D eigenvalue weighted by molar-refractivity contribution is -0.140. The van der Waals surface area contributed by atoms with Crippen molar-refractivity contribution in [3.05, 3.63) is 39.8 Å². The molecule has 24 heavy (non-hydrogen) atoms. The van der Waals surface area contributed by atoms with E-state index < -0.39 is 0 Å². The zero-order chi connectivity index (χ0) is 17.1. The Balaban J connectivity index is 1.68. The van der Waals surface area contributed by atoms with Gasteiger partial charge in [-0.25, -0.2) is 9.67 Å². The molecule has 3 rings (SSSR count). The first kappa shape index (κ1) is 16.3. The van der Waals surface area contributed by atoms with Crippen molar-refractivity contribution in [3.8, 4) is 0 Å². The van der Waals surface area contributed by atoms with Crippen molar-refractivity contribution in [1.82, 2.24) is 29.9 Å². The Kier molecular flexibility index (Phi) is 4.70. The lowest BCUT2D eigenvalue weighted by Crippen LogP contribution is -2.45. The second kappa shape index (κ2) is 6.91. The van der Waals surface area contributed by atoms with Gasteiger partial charge in [-0.3, -0.25) is 14.7 Å². The molecule has 2 aromatic rings. The number of amides is 1. The summed E-state index contributed by atoms with van der Waals surface area (Å²) in [5.74, 6) is 1.16. The molecule has 0 aromatic carbocycles. The molecule has 1 saturated heterocycles. The molecule has 2 aromatic heterocycles. The number of ether oxygens (including phenoxy) is 1. The molecule has 9 heteroatoms. The van der Waals surface area contributed by atoms with E-state index in [-0.39, 0.29) is 24.1 Å². The number of aromatic nitrogens is 5. The number of hydrogen-bond donors (Lipinski definition) is 1. The number of nitrogens with zero attached hydrogens (tertiary/aromatic N) is 5. The number of carbonyl (C=O) groups is 1. The molecule has 1 amide bonds. The zero-order valence-electron chi connectivity index (χ0n) is 13.7. The van der Waals surface area contributed by atoms with Gasteiger partial charge in [0.05, 0.1) is 18.8 Å². The largest absolute Gasteiger partial charge is 0.366 e. The molecule has 9 nitrogen and oxygen atoms in total. The summed E-state index contributed by atoms with van der Waals surface area (Å²) in [6.07, 6.45) is 0.394. The van der Waals surface area contributed by atoms with Gasteiger partial charge in [0.2, 0.25) is 5.91 Å². The van der Waals surface area contributed by atoms with Crippen LogP contribution >= 0.6 is 0 Å². The van der Waals surface area contributed by atoms with Crippen molar-refractivity contribution in [3.63, 3.8) is 0 Å². The van der Waals surface area contributed by atoms with Gasteiger partial charge in [0.25, 0.3) is 5.56 Å². The highest BCUT2D eigenvalue weighted by molar-refractivity contribution is 5.76. The van der Waals surface area contributed by atoms with Crippen molar-refractivity contribution in [2.24, 2.45) is 0 Å². The smallest absolute Gasteiger partial charge is 0.267 e. The maximum atomic E-state index is 12.5. The number of H-pyrrole nitrogens is 1. The van der Waals surface area contributed by atoms with Gasteiger partial charge in [0, 0.05) is 19.0 Å². The highest BCUT2D eigenvalue weighted by Crippen LogP contribution is 2.19. The summed E-state index contributed by atoms with van der Waals surface area (Å²) in [6.45, 7) is 4.92. The van der Waals surface area contributed by atoms with Gasteiger partial charge in [-0.15, -0.1) is 0 Å². The van der Waals surface area contributed by atoms with E-state index in [0.717, 1.165) is 12.2 Å². The molecular formula is C15H20N6O3.